The molecule has 0 radical (unpaired) electrons. The maximum atomic E-state index is 12.6. The number of amides is 1. The van der Waals surface area contributed by atoms with Crippen LogP contribution in [0.4, 0.5) is 5.69 Å². The number of methoxy groups -OCH3 is 1. The van der Waals surface area contributed by atoms with Gasteiger partial charge < -0.3 is 9.84 Å². The van der Waals surface area contributed by atoms with E-state index in [9.17, 15) is 4.79 Å². The minimum absolute atomic E-state index is 0.00196. The monoisotopic (exact) mass is 487 g/mol. The van der Waals surface area contributed by atoms with E-state index in [2.05, 4.69) is 34.5 Å². The fraction of sp³-hybridized carbons (Fsp3) is 0.357. The van der Waals surface area contributed by atoms with Gasteiger partial charge in [-0.1, -0.05) is 66.8 Å². The third-order valence-electron chi connectivity index (χ3n) is 6.26. The molecule has 2 aromatic carbocycles. The molecule has 0 unspecified atom stereocenters. The number of aliphatic hydroxyl groups excluding tert-OH is 1. The molecule has 0 saturated carbocycles. The number of aryl methyl sites for hydroxylation is 1. The fourth-order valence-corrected chi connectivity index (χ4v) is 4.35. The maximum Gasteiger partial charge on any atom is 0.247 e. The molecule has 1 aliphatic heterocycles. The number of hydrogen-bond acceptors (Lipinski definition) is 6. The van der Waals surface area contributed by atoms with E-state index in [1.54, 1.807) is 11.8 Å². The van der Waals surface area contributed by atoms with Crippen molar-refractivity contribution in [2.45, 2.75) is 45.3 Å². The summed E-state index contributed by atoms with van der Waals surface area (Å²) in [6.45, 7) is 2.92. The van der Waals surface area contributed by atoms with Gasteiger partial charge in [-0.25, -0.2) is 5.01 Å². The van der Waals surface area contributed by atoms with Crippen molar-refractivity contribution < 1.29 is 14.6 Å². The normalized spacial score (nSPS) is 15.8. The van der Waals surface area contributed by atoms with Gasteiger partial charge in [-0.3, -0.25) is 9.48 Å². The number of benzene rings is 2. The van der Waals surface area contributed by atoms with E-state index < -0.39 is 0 Å². The molecule has 2 atom stereocenters. The van der Waals surface area contributed by atoms with Crippen LogP contribution in [0.2, 0.25) is 0 Å². The lowest BCUT2D eigenvalue weighted by Gasteiger charge is -2.25. The van der Waals surface area contributed by atoms with Crippen LogP contribution in [-0.2, 0) is 22.5 Å². The second-order valence-electron chi connectivity index (χ2n) is 8.89. The van der Waals surface area contributed by atoms with Crippen LogP contribution in [0.25, 0.3) is 0 Å². The largest absolute Gasteiger partial charge is 0.396 e. The molecule has 0 fully saturated rings. The molecule has 4 rings (SSSR count). The van der Waals surface area contributed by atoms with Gasteiger partial charge in [0.2, 0.25) is 5.91 Å². The second-order valence-corrected chi connectivity index (χ2v) is 8.89. The number of allylic oxidation sites excluding steroid dienone is 1. The zero-order valence-electron chi connectivity index (χ0n) is 20.8. The third kappa shape index (κ3) is 6.33. The molecule has 0 bridgehead atoms. The van der Waals surface area contributed by atoms with Crippen LogP contribution in [0.1, 0.15) is 49.1 Å². The number of anilines is 1. The lowest BCUT2D eigenvalue weighted by atomic mass is 9.96. The quantitative estimate of drug-likeness (QED) is 0.407. The summed E-state index contributed by atoms with van der Waals surface area (Å²) in [7, 11) is 1.71. The van der Waals surface area contributed by atoms with Crippen molar-refractivity contribution in [3.63, 3.8) is 0 Å². The third-order valence-corrected chi connectivity index (χ3v) is 6.26. The molecule has 0 saturated heterocycles. The Morgan fingerprint density at radius 2 is 1.89 bits per heavy atom. The van der Waals surface area contributed by atoms with Gasteiger partial charge in [-0.2, -0.15) is 5.10 Å². The first kappa shape index (κ1) is 25.5. The van der Waals surface area contributed by atoms with Crippen molar-refractivity contribution in [2.75, 3.05) is 18.7 Å². The number of ether oxygens (including phenoxy) is 1. The van der Waals surface area contributed by atoms with Crippen LogP contribution in [0.15, 0.2) is 78.0 Å². The Kier molecular flexibility index (Phi) is 8.76. The van der Waals surface area contributed by atoms with Crippen LogP contribution < -0.4 is 5.01 Å². The van der Waals surface area contributed by atoms with E-state index >= 15 is 0 Å². The van der Waals surface area contributed by atoms with Crippen LogP contribution in [-0.4, -0.2) is 45.4 Å². The van der Waals surface area contributed by atoms with Crippen molar-refractivity contribution in [1.82, 2.24) is 15.0 Å². The van der Waals surface area contributed by atoms with Crippen molar-refractivity contribution in [3.05, 3.63) is 89.8 Å². The zero-order chi connectivity index (χ0) is 25.3. The molecule has 1 aromatic heterocycles. The number of rotatable bonds is 11. The molecule has 1 amide bonds. The van der Waals surface area contributed by atoms with Gasteiger partial charge in [0.25, 0.3) is 0 Å². The summed E-state index contributed by atoms with van der Waals surface area (Å²) in [5.74, 6) is 0.152. The number of nitrogens with zero attached hydrogens (tertiary/aromatic N) is 5. The Hall–Kier alpha value is -3.62. The molecule has 1 aliphatic rings. The summed E-state index contributed by atoms with van der Waals surface area (Å²) in [5.41, 5.74) is 4.55. The summed E-state index contributed by atoms with van der Waals surface area (Å²) in [4.78, 5) is 12.6. The van der Waals surface area contributed by atoms with Crippen LogP contribution in [0.3, 0.4) is 0 Å². The summed E-state index contributed by atoms with van der Waals surface area (Å²) in [6.07, 6.45) is 8.46. The fourth-order valence-electron chi connectivity index (χ4n) is 4.35. The summed E-state index contributed by atoms with van der Waals surface area (Å²) < 4.78 is 7.61. The van der Waals surface area contributed by atoms with Crippen molar-refractivity contribution in [1.29, 1.82) is 0 Å². The highest BCUT2D eigenvalue weighted by molar-refractivity contribution is 6.08. The maximum absolute atomic E-state index is 12.6. The van der Waals surface area contributed by atoms with E-state index in [1.165, 1.54) is 5.01 Å². The van der Waals surface area contributed by atoms with Gasteiger partial charge >= 0.3 is 0 Å². The highest BCUT2D eigenvalue weighted by Crippen LogP contribution is 2.29. The Bertz CT molecular complexity index is 1190. The summed E-state index contributed by atoms with van der Waals surface area (Å²) >= 11 is 0. The van der Waals surface area contributed by atoms with Crippen molar-refractivity contribution >= 4 is 17.3 Å². The Morgan fingerprint density at radius 3 is 2.61 bits per heavy atom. The average Bonchev–Trinajstić information content (AvgIpc) is 3.36. The highest BCUT2D eigenvalue weighted by Gasteiger charge is 2.23. The zero-order valence-corrected chi connectivity index (χ0v) is 20.8. The number of carbonyl (C=O) groups is 1. The first-order valence-electron chi connectivity index (χ1n) is 12.3. The predicted molar refractivity (Wildman–Crippen MR) is 140 cm³/mol. The van der Waals surface area contributed by atoms with E-state index in [0.29, 0.717) is 19.3 Å². The summed E-state index contributed by atoms with van der Waals surface area (Å²) in [6, 6.07) is 17.9. The molecule has 0 aliphatic carbocycles. The number of aliphatic hydroxyl groups is 1. The standard InChI is InChI=1S/C28H33N5O3/c1-21(8-6-7-18-32-20-24(17-19-34)29-31-32)28(36-2)23-11-13-25(14-12-23)33-27(35)16-15-26(30-33)22-9-4-3-5-10-22/h3-6,8-14,20-21,28,34H,7,15-19H2,1-2H3/b8-6+/t21-,28+/m0/s1. The van der Waals surface area contributed by atoms with Crippen LogP contribution >= 0.6 is 0 Å². The average molecular weight is 488 g/mol. The molecule has 188 valence electrons. The van der Waals surface area contributed by atoms with Gasteiger partial charge in [0, 0.05) is 51.6 Å². The topological polar surface area (TPSA) is 92.8 Å². The predicted octanol–water partition coefficient (Wildman–Crippen LogP) is 4.31. The van der Waals surface area contributed by atoms with Gasteiger partial charge in [-0.05, 0) is 29.7 Å². The molecule has 0 spiro atoms. The number of hydrazone groups is 1. The van der Waals surface area contributed by atoms with Crippen molar-refractivity contribution in [3.8, 4) is 0 Å². The Balaban J connectivity index is 1.39. The summed E-state index contributed by atoms with van der Waals surface area (Å²) in [5, 5.41) is 23.3. The number of aromatic nitrogens is 3. The number of carbonyl (C=O) groups excluding carboxylic acids is 1. The minimum Gasteiger partial charge on any atom is -0.396 e. The van der Waals surface area contributed by atoms with Crippen LogP contribution in [0.5, 0.6) is 0 Å². The van der Waals surface area contributed by atoms with Gasteiger partial charge in [-0.15, -0.1) is 5.10 Å². The SMILES string of the molecule is CO[C@@H](c1ccc(N2N=C(c3ccccc3)CCC2=O)cc1)[C@@H](C)/C=C/CCn1cc(CCO)nn1. The lowest BCUT2D eigenvalue weighted by Crippen LogP contribution is -2.31. The van der Waals surface area contributed by atoms with E-state index in [0.717, 1.165) is 41.2 Å². The molecule has 36 heavy (non-hydrogen) atoms. The van der Waals surface area contributed by atoms with E-state index in [4.69, 9.17) is 9.84 Å². The molecule has 3 aromatic rings. The minimum atomic E-state index is -0.113. The van der Waals surface area contributed by atoms with Gasteiger partial charge in [0.15, 0.2) is 0 Å². The Labute approximate surface area is 211 Å². The Morgan fingerprint density at radius 1 is 1.11 bits per heavy atom. The molecular formula is C28H33N5O3. The molecule has 1 N–H and O–H groups in total. The lowest BCUT2D eigenvalue weighted by molar-refractivity contribution is -0.118. The number of hydrogen-bond donors (Lipinski definition) is 1. The van der Waals surface area contributed by atoms with E-state index in [-0.39, 0.29) is 24.5 Å². The first-order chi connectivity index (χ1) is 17.6. The highest BCUT2D eigenvalue weighted by atomic mass is 16.5. The molecular weight excluding hydrogens is 454 g/mol. The van der Waals surface area contributed by atoms with Gasteiger partial charge in [0.1, 0.15) is 0 Å². The first-order valence-corrected chi connectivity index (χ1v) is 12.3. The smallest absolute Gasteiger partial charge is 0.247 e. The molecule has 2 heterocycles. The second kappa shape index (κ2) is 12.4. The molecule has 8 heteroatoms. The van der Waals surface area contributed by atoms with Gasteiger partial charge in [0.05, 0.1) is 23.2 Å². The van der Waals surface area contributed by atoms with Crippen molar-refractivity contribution in [2.24, 2.45) is 11.0 Å². The molecule has 8 nitrogen and oxygen atoms in total. The van der Waals surface area contributed by atoms with E-state index in [1.807, 2.05) is 60.8 Å². The van der Waals surface area contributed by atoms with Crippen LogP contribution in [0, 0.1) is 5.92 Å².